The van der Waals surface area contributed by atoms with E-state index in [4.69, 9.17) is 4.84 Å². The summed E-state index contributed by atoms with van der Waals surface area (Å²) < 4.78 is 27.3. The smallest absolute Gasteiger partial charge is 0.271 e. The first-order valence-electron chi connectivity index (χ1n) is 7.71. The van der Waals surface area contributed by atoms with Crippen molar-refractivity contribution in [3.8, 4) is 0 Å². The summed E-state index contributed by atoms with van der Waals surface area (Å²) in [5.41, 5.74) is 2.24. The molecule has 0 saturated heterocycles. The van der Waals surface area contributed by atoms with Gasteiger partial charge in [0, 0.05) is 24.6 Å². The van der Waals surface area contributed by atoms with Crippen LogP contribution in [0.3, 0.4) is 0 Å². The van der Waals surface area contributed by atoms with Crippen LogP contribution in [0.4, 0.5) is 14.5 Å². The molecular weight excluding hydrogens is 314 g/mol. The highest BCUT2D eigenvalue weighted by Crippen LogP contribution is 2.32. The molecule has 6 heteroatoms. The van der Waals surface area contributed by atoms with Crippen LogP contribution in [0.5, 0.6) is 0 Å². The van der Waals surface area contributed by atoms with E-state index in [1.54, 1.807) is 0 Å². The number of fused-ring (bicyclic) bond motifs is 1. The Labute approximate surface area is 137 Å². The lowest BCUT2D eigenvalue weighted by Crippen LogP contribution is -2.38. The van der Waals surface area contributed by atoms with E-state index in [-0.39, 0.29) is 11.6 Å². The van der Waals surface area contributed by atoms with E-state index in [0.29, 0.717) is 30.7 Å². The fourth-order valence-electron chi connectivity index (χ4n) is 3.14. The Morgan fingerprint density at radius 2 is 2.00 bits per heavy atom. The zero-order valence-corrected chi connectivity index (χ0v) is 12.7. The van der Waals surface area contributed by atoms with Crippen LogP contribution in [0.15, 0.2) is 47.6 Å². The quantitative estimate of drug-likeness (QED) is 0.850. The van der Waals surface area contributed by atoms with Crippen molar-refractivity contribution < 1.29 is 18.4 Å². The van der Waals surface area contributed by atoms with Crippen molar-refractivity contribution in [3.63, 3.8) is 0 Å². The van der Waals surface area contributed by atoms with Crippen molar-refractivity contribution in [1.82, 2.24) is 0 Å². The minimum atomic E-state index is -0.766. The Morgan fingerprint density at radius 3 is 2.79 bits per heavy atom. The zero-order chi connectivity index (χ0) is 16.7. The second kappa shape index (κ2) is 5.70. The van der Waals surface area contributed by atoms with Gasteiger partial charge in [0.25, 0.3) is 5.91 Å². The standard InChI is InChI=1S/C18H14F2N2O2/c19-12-8-14(20)13-6-7-22(16(13)9-12)18(23)17-10-15(21-24-17)11-4-2-1-3-5-11/h1-5,8-9,17H,6-7,10H2. The van der Waals surface area contributed by atoms with Gasteiger partial charge in [-0.3, -0.25) is 4.79 Å². The number of hydrogen-bond donors (Lipinski definition) is 0. The number of carbonyl (C=O) groups excluding carboxylic acids is 1. The highest BCUT2D eigenvalue weighted by molar-refractivity contribution is 6.07. The minimum absolute atomic E-state index is 0.286. The molecule has 1 unspecified atom stereocenters. The van der Waals surface area contributed by atoms with Gasteiger partial charge in [-0.25, -0.2) is 8.78 Å². The average Bonchev–Trinajstić information content (AvgIpc) is 3.22. The maximum Gasteiger partial charge on any atom is 0.271 e. The number of amides is 1. The molecule has 2 aromatic rings. The molecule has 24 heavy (non-hydrogen) atoms. The number of carbonyl (C=O) groups is 1. The van der Waals surface area contributed by atoms with Crippen molar-refractivity contribution >= 4 is 17.3 Å². The van der Waals surface area contributed by atoms with E-state index < -0.39 is 17.7 Å². The summed E-state index contributed by atoms with van der Waals surface area (Å²) in [4.78, 5) is 19.4. The molecule has 0 radical (unpaired) electrons. The van der Waals surface area contributed by atoms with Gasteiger partial charge in [-0.15, -0.1) is 0 Å². The van der Waals surface area contributed by atoms with E-state index in [1.165, 1.54) is 11.0 Å². The Kier molecular flexibility index (Phi) is 3.52. The maximum absolute atomic E-state index is 13.8. The summed E-state index contributed by atoms with van der Waals surface area (Å²) in [6.07, 6.45) is -0.0591. The molecule has 2 aromatic carbocycles. The molecule has 0 bridgehead atoms. The number of rotatable bonds is 2. The number of hydrogen-bond acceptors (Lipinski definition) is 3. The van der Waals surface area contributed by atoms with E-state index in [0.717, 1.165) is 11.6 Å². The predicted octanol–water partition coefficient (Wildman–Crippen LogP) is 3.05. The SMILES string of the molecule is O=C(C1CC(c2ccccc2)=NO1)N1CCc2c(F)cc(F)cc21. The fourth-order valence-corrected chi connectivity index (χ4v) is 3.14. The van der Waals surface area contributed by atoms with Crippen molar-refractivity contribution in [1.29, 1.82) is 0 Å². The lowest BCUT2D eigenvalue weighted by atomic mass is 10.0. The van der Waals surface area contributed by atoms with E-state index in [1.807, 2.05) is 30.3 Å². The zero-order valence-electron chi connectivity index (χ0n) is 12.7. The number of halogens is 2. The molecule has 2 heterocycles. The van der Waals surface area contributed by atoms with Gasteiger partial charge in [-0.2, -0.15) is 0 Å². The number of benzene rings is 2. The molecule has 2 aliphatic rings. The van der Waals surface area contributed by atoms with Gasteiger partial charge >= 0.3 is 0 Å². The molecule has 122 valence electrons. The predicted molar refractivity (Wildman–Crippen MR) is 84.9 cm³/mol. The number of oxime groups is 1. The van der Waals surface area contributed by atoms with Crippen molar-refractivity contribution in [2.75, 3.05) is 11.4 Å². The first-order valence-corrected chi connectivity index (χ1v) is 7.71. The molecule has 0 fully saturated rings. The number of anilines is 1. The van der Waals surface area contributed by atoms with Gasteiger partial charge in [0.1, 0.15) is 11.6 Å². The molecule has 4 rings (SSSR count). The second-order valence-corrected chi connectivity index (χ2v) is 5.83. The Hall–Kier alpha value is -2.76. The third-order valence-corrected chi connectivity index (χ3v) is 4.33. The monoisotopic (exact) mass is 328 g/mol. The van der Waals surface area contributed by atoms with Crippen LogP contribution in [-0.2, 0) is 16.1 Å². The van der Waals surface area contributed by atoms with Crippen LogP contribution in [0.1, 0.15) is 17.5 Å². The first kappa shape index (κ1) is 14.8. The Balaban J connectivity index is 1.54. The van der Waals surface area contributed by atoms with Crippen LogP contribution < -0.4 is 4.90 Å². The molecule has 0 spiro atoms. The summed E-state index contributed by atoms with van der Waals surface area (Å²) >= 11 is 0. The molecular formula is C18H14F2N2O2. The van der Waals surface area contributed by atoms with Crippen LogP contribution in [0.2, 0.25) is 0 Å². The summed E-state index contributed by atoms with van der Waals surface area (Å²) in [6.45, 7) is 0.315. The molecule has 1 atom stereocenters. The summed E-state index contributed by atoms with van der Waals surface area (Å²) in [7, 11) is 0. The van der Waals surface area contributed by atoms with E-state index >= 15 is 0 Å². The lowest BCUT2D eigenvalue weighted by molar-refractivity contribution is -0.128. The van der Waals surface area contributed by atoms with Crippen LogP contribution in [0, 0.1) is 11.6 Å². The van der Waals surface area contributed by atoms with E-state index in [2.05, 4.69) is 5.16 Å². The van der Waals surface area contributed by atoms with Gasteiger partial charge in [0.05, 0.1) is 11.4 Å². The van der Waals surface area contributed by atoms with Crippen LogP contribution in [-0.4, -0.2) is 24.3 Å². The lowest BCUT2D eigenvalue weighted by Gasteiger charge is -2.20. The topological polar surface area (TPSA) is 41.9 Å². The molecule has 0 saturated carbocycles. The van der Waals surface area contributed by atoms with Gasteiger partial charge in [-0.1, -0.05) is 35.5 Å². The van der Waals surface area contributed by atoms with E-state index in [9.17, 15) is 13.6 Å². The summed E-state index contributed by atoms with van der Waals surface area (Å²) in [6, 6.07) is 11.5. The van der Waals surface area contributed by atoms with Crippen molar-refractivity contribution in [2.45, 2.75) is 18.9 Å². The van der Waals surface area contributed by atoms with Crippen LogP contribution in [0.25, 0.3) is 0 Å². The van der Waals surface area contributed by atoms with Gasteiger partial charge in [0.2, 0.25) is 6.10 Å². The van der Waals surface area contributed by atoms with Gasteiger partial charge in [0.15, 0.2) is 0 Å². The Bertz CT molecular complexity index is 836. The number of nitrogens with zero attached hydrogens (tertiary/aromatic N) is 2. The second-order valence-electron chi connectivity index (χ2n) is 5.83. The van der Waals surface area contributed by atoms with Crippen molar-refractivity contribution in [2.24, 2.45) is 5.16 Å². The summed E-state index contributed by atoms with van der Waals surface area (Å²) in [5, 5.41) is 3.99. The largest absolute Gasteiger partial charge is 0.382 e. The van der Waals surface area contributed by atoms with Crippen molar-refractivity contribution in [3.05, 3.63) is 65.2 Å². The van der Waals surface area contributed by atoms with Gasteiger partial charge < -0.3 is 9.74 Å². The minimum Gasteiger partial charge on any atom is -0.382 e. The maximum atomic E-state index is 13.8. The molecule has 0 aromatic heterocycles. The highest BCUT2D eigenvalue weighted by atomic mass is 19.1. The van der Waals surface area contributed by atoms with Crippen LogP contribution >= 0.6 is 0 Å². The highest BCUT2D eigenvalue weighted by Gasteiger charge is 2.36. The molecule has 1 amide bonds. The fraction of sp³-hybridized carbons (Fsp3) is 0.222. The van der Waals surface area contributed by atoms with Gasteiger partial charge in [-0.05, 0) is 18.1 Å². The molecule has 0 aliphatic carbocycles. The Morgan fingerprint density at radius 1 is 1.21 bits per heavy atom. The molecule has 0 N–H and O–H groups in total. The normalized spacial score (nSPS) is 19.0. The third-order valence-electron chi connectivity index (χ3n) is 4.33. The first-order chi connectivity index (χ1) is 11.6. The molecule has 2 aliphatic heterocycles. The molecule has 4 nitrogen and oxygen atoms in total. The average molecular weight is 328 g/mol. The third kappa shape index (κ3) is 2.44. The summed E-state index contributed by atoms with van der Waals surface area (Å²) in [5.74, 6) is -1.64.